The number of aliphatic imine (C=N–C) groups is 1. The molecule has 2 heterocycles. The highest BCUT2D eigenvalue weighted by Crippen LogP contribution is 2.45. The van der Waals surface area contributed by atoms with E-state index < -0.39 is 0 Å². The second-order valence-electron chi connectivity index (χ2n) is 6.74. The second-order valence-corrected chi connectivity index (χ2v) is 6.74. The first-order chi connectivity index (χ1) is 10.8. The van der Waals surface area contributed by atoms with Crippen LogP contribution >= 0.6 is 24.0 Å². The summed E-state index contributed by atoms with van der Waals surface area (Å²) in [5.41, 5.74) is 0.602. The van der Waals surface area contributed by atoms with Crippen LogP contribution in [0.15, 0.2) is 23.5 Å². The average molecular weight is 431 g/mol. The maximum atomic E-state index is 4.84. The first kappa shape index (κ1) is 18.5. The Hall–Kier alpha value is -0.790. The zero-order chi connectivity index (χ0) is 15.3. The Labute approximate surface area is 156 Å². The molecule has 130 valence electrons. The predicted molar refractivity (Wildman–Crippen MR) is 105 cm³/mol. The number of halogens is 1. The van der Waals surface area contributed by atoms with Crippen LogP contribution < -0.4 is 5.32 Å². The Morgan fingerprint density at radius 1 is 1.30 bits per heavy atom. The molecule has 23 heavy (non-hydrogen) atoms. The van der Waals surface area contributed by atoms with Crippen LogP contribution in [0, 0.1) is 5.41 Å². The van der Waals surface area contributed by atoms with E-state index in [9.17, 15) is 0 Å². The summed E-state index contributed by atoms with van der Waals surface area (Å²) in [4.78, 5) is 7.33. The van der Waals surface area contributed by atoms with Crippen molar-refractivity contribution in [3.63, 3.8) is 0 Å². The maximum absolute atomic E-state index is 4.84. The van der Waals surface area contributed by atoms with E-state index in [2.05, 4.69) is 22.2 Å². The van der Waals surface area contributed by atoms with Crippen molar-refractivity contribution in [1.82, 2.24) is 20.0 Å². The molecule has 0 unspecified atom stereocenters. The fraction of sp³-hybridized carbons (Fsp3) is 0.765. The van der Waals surface area contributed by atoms with Crippen molar-refractivity contribution in [1.29, 1.82) is 0 Å². The normalized spacial score (nSPS) is 20.0. The Balaban J connectivity index is 0.00000192. The minimum absolute atomic E-state index is 0. The number of guanidine groups is 1. The number of hydrogen-bond donors (Lipinski definition) is 1. The van der Waals surface area contributed by atoms with Gasteiger partial charge in [0.2, 0.25) is 0 Å². The molecule has 6 heteroatoms. The summed E-state index contributed by atoms with van der Waals surface area (Å²) in [6, 6.07) is 1.97. The molecule has 1 aromatic rings. The average Bonchev–Trinajstić information content (AvgIpc) is 3.26. The SMILES string of the molecule is CCNC(=NCCCn1cccn1)N1CCC2(CCCC2)C1.I. The number of aromatic nitrogens is 2. The fourth-order valence-electron chi connectivity index (χ4n) is 3.93. The van der Waals surface area contributed by atoms with Gasteiger partial charge in [-0.1, -0.05) is 12.8 Å². The standard InChI is InChI=1S/C17H29N5.HI/c1-2-18-16(19-10-5-12-22-13-6-11-20-22)21-14-9-17(15-21)7-3-4-8-17;/h6,11,13H,2-5,7-10,12,14-15H2,1H3,(H,18,19);1H. The molecule has 1 saturated heterocycles. The van der Waals surface area contributed by atoms with Crippen molar-refractivity contribution in [3.05, 3.63) is 18.5 Å². The molecule has 0 amide bonds. The molecule has 3 rings (SSSR count). The van der Waals surface area contributed by atoms with Crippen LogP contribution in [0.2, 0.25) is 0 Å². The quantitative estimate of drug-likeness (QED) is 0.337. The summed E-state index contributed by atoms with van der Waals surface area (Å²) >= 11 is 0. The van der Waals surface area contributed by atoms with Gasteiger partial charge in [0, 0.05) is 45.1 Å². The molecule has 0 aromatic carbocycles. The smallest absolute Gasteiger partial charge is 0.193 e. The van der Waals surface area contributed by atoms with Crippen molar-refractivity contribution in [2.24, 2.45) is 10.4 Å². The van der Waals surface area contributed by atoms with Crippen molar-refractivity contribution in [2.45, 2.75) is 52.0 Å². The van der Waals surface area contributed by atoms with Crippen LogP contribution in [0.3, 0.4) is 0 Å². The number of rotatable bonds is 5. The van der Waals surface area contributed by atoms with Gasteiger partial charge in [0.1, 0.15) is 0 Å². The molecule has 1 saturated carbocycles. The molecule has 1 aromatic heterocycles. The summed E-state index contributed by atoms with van der Waals surface area (Å²) in [7, 11) is 0. The summed E-state index contributed by atoms with van der Waals surface area (Å²) in [5.74, 6) is 1.12. The molecule has 1 N–H and O–H groups in total. The maximum Gasteiger partial charge on any atom is 0.193 e. The Kier molecular flexibility index (Phi) is 7.17. The number of aryl methyl sites for hydroxylation is 1. The molecule has 2 aliphatic rings. The van der Waals surface area contributed by atoms with E-state index in [0.717, 1.165) is 32.0 Å². The van der Waals surface area contributed by atoms with Gasteiger partial charge in [-0.15, -0.1) is 24.0 Å². The minimum atomic E-state index is 0. The number of likely N-dealkylation sites (tertiary alicyclic amines) is 1. The van der Waals surface area contributed by atoms with E-state index >= 15 is 0 Å². The lowest BCUT2D eigenvalue weighted by atomic mass is 9.86. The Bertz CT molecular complexity index is 479. The molecule has 0 radical (unpaired) electrons. The monoisotopic (exact) mass is 431 g/mol. The molecule has 0 atom stereocenters. The van der Waals surface area contributed by atoms with Gasteiger partial charge in [0.25, 0.3) is 0 Å². The number of nitrogens with one attached hydrogen (secondary N) is 1. The predicted octanol–water partition coefficient (Wildman–Crippen LogP) is 3.12. The lowest BCUT2D eigenvalue weighted by Gasteiger charge is -2.26. The third kappa shape index (κ3) is 4.84. The van der Waals surface area contributed by atoms with Crippen molar-refractivity contribution < 1.29 is 0 Å². The van der Waals surface area contributed by atoms with Gasteiger partial charge < -0.3 is 10.2 Å². The Morgan fingerprint density at radius 3 is 2.83 bits per heavy atom. The van der Waals surface area contributed by atoms with Crippen molar-refractivity contribution in [2.75, 3.05) is 26.2 Å². The third-order valence-electron chi connectivity index (χ3n) is 5.10. The van der Waals surface area contributed by atoms with Crippen LogP contribution in [0.5, 0.6) is 0 Å². The highest BCUT2D eigenvalue weighted by molar-refractivity contribution is 14.0. The van der Waals surface area contributed by atoms with Crippen molar-refractivity contribution >= 4 is 29.9 Å². The molecular weight excluding hydrogens is 401 g/mol. The molecule has 1 aliphatic heterocycles. The van der Waals surface area contributed by atoms with E-state index in [1.54, 1.807) is 0 Å². The fourth-order valence-corrected chi connectivity index (χ4v) is 3.93. The van der Waals surface area contributed by atoms with Gasteiger partial charge in [-0.2, -0.15) is 5.10 Å². The van der Waals surface area contributed by atoms with E-state index in [1.165, 1.54) is 45.2 Å². The van der Waals surface area contributed by atoms with Gasteiger partial charge in [0.15, 0.2) is 5.96 Å². The highest BCUT2D eigenvalue weighted by atomic mass is 127. The lowest BCUT2D eigenvalue weighted by molar-refractivity contribution is 0.309. The van der Waals surface area contributed by atoms with Crippen LogP contribution in [-0.4, -0.2) is 46.8 Å². The largest absolute Gasteiger partial charge is 0.357 e. The van der Waals surface area contributed by atoms with Gasteiger partial charge in [-0.05, 0) is 44.1 Å². The van der Waals surface area contributed by atoms with Gasteiger partial charge in [0.05, 0.1) is 0 Å². The first-order valence-corrected chi connectivity index (χ1v) is 8.82. The summed E-state index contributed by atoms with van der Waals surface area (Å²) < 4.78 is 1.98. The molecule has 2 fully saturated rings. The molecule has 0 bridgehead atoms. The van der Waals surface area contributed by atoms with E-state index in [0.29, 0.717) is 5.41 Å². The van der Waals surface area contributed by atoms with Crippen LogP contribution in [0.25, 0.3) is 0 Å². The Morgan fingerprint density at radius 2 is 2.13 bits per heavy atom. The van der Waals surface area contributed by atoms with E-state index in [1.807, 2.05) is 23.1 Å². The zero-order valence-electron chi connectivity index (χ0n) is 14.2. The summed E-state index contributed by atoms with van der Waals surface area (Å²) in [5, 5.41) is 7.72. The van der Waals surface area contributed by atoms with E-state index in [4.69, 9.17) is 4.99 Å². The topological polar surface area (TPSA) is 45.5 Å². The number of hydrogen-bond acceptors (Lipinski definition) is 2. The second kappa shape index (κ2) is 8.89. The van der Waals surface area contributed by atoms with Gasteiger partial charge in [-0.3, -0.25) is 9.67 Å². The van der Waals surface area contributed by atoms with Crippen LogP contribution in [0.1, 0.15) is 45.4 Å². The van der Waals surface area contributed by atoms with Crippen LogP contribution in [-0.2, 0) is 6.54 Å². The number of nitrogens with zero attached hydrogens (tertiary/aromatic N) is 4. The molecule has 5 nitrogen and oxygen atoms in total. The van der Waals surface area contributed by atoms with Gasteiger partial charge >= 0.3 is 0 Å². The van der Waals surface area contributed by atoms with E-state index in [-0.39, 0.29) is 24.0 Å². The summed E-state index contributed by atoms with van der Waals surface area (Å²) in [6.45, 7) is 7.29. The zero-order valence-corrected chi connectivity index (χ0v) is 16.5. The third-order valence-corrected chi connectivity index (χ3v) is 5.10. The first-order valence-electron chi connectivity index (χ1n) is 8.82. The van der Waals surface area contributed by atoms with Gasteiger partial charge in [-0.25, -0.2) is 0 Å². The van der Waals surface area contributed by atoms with Crippen molar-refractivity contribution in [3.8, 4) is 0 Å². The van der Waals surface area contributed by atoms with Crippen LogP contribution in [0.4, 0.5) is 0 Å². The minimum Gasteiger partial charge on any atom is -0.357 e. The molecular formula is C17H30IN5. The highest BCUT2D eigenvalue weighted by Gasteiger charge is 2.40. The molecule has 1 spiro atoms. The molecule has 1 aliphatic carbocycles. The lowest BCUT2D eigenvalue weighted by Crippen LogP contribution is -2.41. The summed E-state index contributed by atoms with van der Waals surface area (Å²) in [6.07, 6.45) is 11.9.